The van der Waals surface area contributed by atoms with Crippen LogP contribution in [0.2, 0.25) is 0 Å². The zero-order valence-electron chi connectivity index (χ0n) is 12.7. The van der Waals surface area contributed by atoms with E-state index >= 15 is 0 Å². The Balaban J connectivity index is 1.92. The van der Waals surface area contributed by atoms with Gasteiger partial charge in [-0.25, -0.2) is 0 Å². The highest BCUT2D eigenvalue weighted by atomic mass is 32.1. The maximum absolute atomic E-state index is 6.14. The van der Waals surface area contributed by atoms with Gasteiger partial charge in [-0.1, -0.05) is 50.1 Å². The average Bonchev–Trinajstić information content (AvgIpc) is 2.89. The van der Waals surface area contributed by atoms with Crippen LogP contribution in [0.1, 0.15) is 32.6 Å². The lowest BCUT2D eigenvalue weighted by Gasteiger charge is -2.35. The summed E-state index contributed by atoms with van der Waals surface area (Å²) in [7, 11) is 2.20. The van der Waals surface area contributed by atoms with Gasteiger partial charge < -0.3 is 10.6 Å². The van der Waals surface area contributed by atoms with Gasteiger partial charge in [0.05, 0.1) is 5.56 Å². The van der Waals surface area contributed by atoms with Crippen LogP contribution >= 0.6 is 11.5 Å². The molecule has 2 atom stereocenters. The number of nitrogens with zero attached hydrogens (tertiary/aromatic N) is 2. The number of anilines is 2. The molecule has 1 aliphatic carbocycles. The lowest BCUT2D eigenvalue weighted by Crippen LogP contribution is -2.35. The number of benzene rings is 1. The molecule has 21 heavy (non-hydrogen) atoms. The predicted molar refractivity (Wildman–Crippen MR) is 91.8 cm³/mol. The van der Waals surface area contributed by atoms with E-state index in [9.17, 15) is 0 Å². The summed E-state index contributed by atoms with van der Waals surface area (Å²) in [6.45, 7) is 2.36. The van der Waals surface area contributed by atoms with Crippen molar-refractivity contribution < 1.29 is 0 Å². The zero-order chi connectivity index (χ0) is 14.8. The normalized spacial score (nSPS) is 22.2. The van der Waals surface area contributed by atoms with Gasteiger partial charge >= 0.3 is 0 Å². The summed E-state index contributed by atoms with van der Waals surface area (Å²) < 4.78 is 4.41. The summed E-state index contributed by atoms with van der Waals surface area (Å²) in [5.74, 6) is 1.47. The van der Waals surface area contributed by atoms with Gasteiger partial charge in [0.2, 0.25) is 0 Å². The summed E-state index contributed by atoms with van der Waals surface area (Å²) >= 11 is 1.52. The van der Waals surface area contributed by atoms with Crippen LogP contribution in [0.15, 0.2) is 30.3 Å². The van der Waals surface area contributed by atoms with Crippen LogP contribution in [0.3, 0.4) is 0 Å². The summed E-state index contributed by atoms with van der Waals surface area (Å²) in [5, 5.41) is 1.21. The number of nitrogen functional groups attached to an aromatic ring is 1. The number of hydrogen-bond acceptors (Lipinski definition) is 4. The maximum atomic E-state index is 6.14. The predicted octanol–water partition coefficient (Wildman–Crippen LogP) is 4.41. The molecule has 0 spiro atoms. The molecular formula is C17H23N3S. The molecule has 2 unspecified atom stereocenters. The molecule has 0 amide bonds. The molecule has 0 bridgehead atoms. The molecule has 3 nitrogen and oxygen atoms in total. The van der Waals surface area contributed by atoms with Crippen molar-refractivity contribution in [2.75, 3.05) is 17.7 Å². The molecule has 1 aromatic heterocycles. The van der Waals surface area contributed by atoms with E-state index in [1.54, 1.807) is 0 Å². The van der Waals surface area contributed by atoms with Crippen LogP contribution in [-0.2, 0) is 0 Å². The minimum atomic E-state index is 0.607. The molecule has 0 radical (unpaired) electrons. The van der Waals surface area contributed by atoms with Crippen molar-refractivity contribution in [2.24, 2.45) is 5.92 Å². The second-order valence-corrected chi connectivity index (χ2v) is 6.90. The van der Waals surface area contributed by atoms with Crippen molar-refractivity contribution in [3.63, 3.8) is 0 Å². The Labute approximate surface area is 131 Å². The zero-order valence-corrected chi connectivity index (χ0v) is 13.6. The number of hydrogen-bond donors (Lipinski definition) is 1. The summed E-state index contributed by atoms with van der Waals surface area (Å²) in [6, 6.07) is 11.0. The van der Waals surface area contributed by atoms with Gasteiger partial charge in [-0.15, -0.1) is 0 Å². The largest absolute Gasteiger partial charge is 0.382 e. The van der Waals surface area contributed by atoms with Crippen molar-refractivity contribution in [2.45, 2.75) is 38.6 Å². The molecule has 4 heteroatoms. The topological polar surface area (TPSA) is 42.2 Å². The molecule has 1 fully saturated rings. The first-order chi connectivity index (χ1) is 10.2. The molecule has 2 aromatic rings. The quantitative estimate of drug-likeness (QED) is 0.913. The summed E-state index contributed by atoms with van der Waals surface area (Å²) in [5.41, 5.74) is 8.40. The van der Waals surface area contributed by atoms with Crippen LogP contribution in [0.25, 0.3) is 11.1 Å². The average molecular weight is 301 g/mol. The van der Waals surface area contributed by atoms with E-state index in [4.69, 9.17) is 5.73 Å². The summed E-state index contributed by atoms with van der Waals surface area (Å²) in [6.07, 6.45) is 5.22. The monoisotopic (exact) mass is 301 g/mol. The van der Waals surface area contributed by atoms with Crippen LogP contribution < -0.4 is 10.6 Å². The minimum Gasteiger partial charge on any atom is -0.382 e. The minimum absolute atomic E-state index is 0.607. The van der Waals surface area contributed by atoms with Gasteiger partial charge in [-0.3, -0.25) is 0 Å². The van der Waals surface area contributed by atoms with Crippen molar-refractivity contribution in [1.82, 2.24) is 4.37 Å². The molecule has 1 aliphatic rings. The van der Waals surface area contributed by atoms with E-state index in [1.165, 1.54) is 42.2 Å². The van der Waals surface area contributed by atoms with E-state index < -0.39 is 0 Å². The molecule has 1 aromatic carbocycles. The highest BCUT2D eigenvalue weighted by Crippen LogP contribution is 2.41. The molecular weight excluding hydrogens is 278 g/mol. The van der Waals surface area contributed by atoms with E-state index in [-0.39, 0.29) is 0 Å². The molecule has 112 valence electrons. The Kier molecular flexibility index (Phi) is 4.15. The van der Waals surface area contributed by atoms with Crippen LogP contribution in [0.5, 0.6) is 0 Å². The van der Waals surface area contributed by atoms with Crippen molar-refractivity contribution >= 4 is 22.4 Å². The van der Waals surface area contributed by atoms with Crippen molar-refractivity contribution in [3.8, 4) is 11.1 Å². The Bertz CT molecular complexity index is 593. The van der Waals surface area contributed by atoms with Crippen LogP contribution in [-0.4, -0.2) is 17.5 Å². The molecule has 0 saturated heterocycles. The first-order valence-corrected chi connectivity index (χ1v) is 8.47. The first kappa shape index (κ1) is 14.4. The van der Waals surface area contributed by atoms with E-state index in [2.05, 4.69) is 47.5 Å². The Morgan fingerprint density at radius 3 is 2.71 bits per heavy atom. The Hall–Kier alpha value is -1.55. The molecule has 1 heterocycles. The van der Waals surface area contributed by atoms with Gasteiger partial charge in [-0.05, 0) is 35.9 Å². The highest BCUT2D eigenvalue weighted by Gasteiger charge is 2.26. The first-order valence-electron chi connectivity index (χ1n) is 7.70. The molecule has 3 rings (SSSR count). The standard InChI is InChI=1S/C17H23N3S/c1-12-7-6-10-14(11-12)20(2)17-15(16(18)19-21-17)13-8-4-3-5-9-13/h3-5,8-9,12,14H,6-7,10-11H2,1-2H3,(H2,18,19). The third-order valence-corrected chi connectivity index (χ3v) is 5.49. The Morgan fingerprint density at radius 2 is 2.00 bits per heavy atom. The second-order valence-electron chi connectivity index (χ2n) is 6.15. The molecule has 2 N–H and O–H groups in total. The third kappa shape index (κ3) is 2.91. The Morgan fingerprint density at radius 1 is 1.24 bits per heavy atom. The fraction of sp³-hybridized carbons (Fsp3) is 0.471. The lowest BCUT2D eigenvalue weighted by atomic mass is 9.86. The SMILES string of the molecule is CC1CCCC(N(C)c2snc(N)c2-c2ccccc2)C1. The fourth-order valence-electron chi connectivity index (χ4n) is 3.33. The number of rotatable bonds is 3. The molecule has 1 saturated carbocycles. The number of nitrogens with two attached hydrogens (primary N) is 1. The van der Waals surface area contributed by atoms with Gasteiger partial charge in [0, 0.05) is 13.1 Å². The smallest absolute Gasteiger partial charge is 0.147 e. The van der Waals surface area contributed by atoms with Crippen LogP contribution in [0, 0.1) is 5.92 Å². The van der Waals surface area contributed by atoms with E-state index in [0.717, 1.165) is 17.0 Å². The fourth-order valence-corrected chi connectivity index (χ4v) is 4.20. The van der Waals surface area contributed by atoms with Crippen LogP contribution in [0.4, 0.5) is 10.8 Å². The summed E-state index contributed by atoms with van der Waals surface area (Å²) in [4.78, 5) is 2.41. The second kappa shape index (κ2) is 6.06. The van der Waals surface area contributed by atoms with Crippen molar-refractivity contribution in [3.05, 3.63) is 30.3 Å². The third-order valence-electron chi connectivity index (χ3n) is 4.54. The van der Waals surface area contributed by atoms with E-state index in [0.29, 0.717) is 11.9 Å². The lowest BCUT2D eigenvalue weighted by molar-refractivity contribution is 0.337. The molecule has 0 aliphatic heterocycles. The van der Waals surface area contributed by atoms with Gasteiger partial charge in [-0.2, -0.15) is 4.37 Å². The van der Waals surface area contributed by atoms with Crippen molar-refractivity contribution in [1.29, 1.82) is 0 Å². The van der Waals surface area contributed by atoms with Gasteiger partial charge in [0.15, 0.2) is 0 Å². The number of aromatic nitrogens is 1. The maximum Gasteiger partial charge on any atom is 0.147 e. The van der Waals surface area contributed by atoms with Gasteiger partial charge in [0.1, 0.15) is 10.8 Å². The highest BCUT2D eigenvalue weighted by molar-refractivity contribution is 7.11. The van der Waals surface area contributed by atoms with Gasteiger partial charge in [0.25, 0.3) is 0 Å². The van der Waals surface area contributed by atoms with E-state index in [1.807, 2.05) is 6.07 Å².